The third-order valence-electron chi connectivity index (χ3n) is 2.33. The maximum absolute atomic E-state index is 13.3. The van der Waals surface area contributed by atoms with Crippen molar-refractivity contribution in [3.8, 4) is 0 Å². The number of hydrogen-bond donors (Lipinski definition) is 1. The third kappa shape index (κ3) is 3.08. The van der Waals surface area contributed by atoms with Gasteiger partial charge in [-0.05, 0) is 19.1 Å². The highest BCUT2D eigenvalue weighted by Gasteiger charge is 2.07. The van der Waals surface area contributed by atoms with Crippen molar-refractivity contribution < 1.29 is 8.78 Å². The average Bonchev–Trinajstić information content (AvgIpc) is 2.69. The first-order valence-electron chi connectivity index (χ1n) is 5.21. The second-order valence-corrected chi connectivity index (χ2v) is 4.97. The summed E-state index contributed by atoms with van der Waals surface area (Å²) in [5.41, 5.74) is 0.0775. The normalized spacial score (nSPS) is 10.8. The first-order valence-corrected chi connectivity index (χ1v) is 6.03. The third-order valence-corrected chi connectivity index (χ3v) is 3.24. The number of benzene rings is 1. The molecule has 90 valence electrons. The van der Waals surface area contributed by atoms with Crippen LogP contribution in [0.15, 0.2) is 24.4 Å². The Hall–Kier alpha value is -1.33. The monoisotopic (exact) mass is 254 g/mol. The van der Waals surface area contributed by atoms with Crippen LogP contribution >= 0.6 is 11.3 Å². The molecule has 5 heteroatoms. The van der Waals surface area contributed by atoms with Crippen molar-refractivity contribution in [1.82, 2.24) is 10.3 Å². The zero-order chi connectivity index (χ0) is 12.3. The van der Waals surface area contributed by atoms with E-state index in [1.54, 1.807) is 17.5 Å². The zero-order valence-electron chi connectivity index (χ0n) is 9.34. The van der Waals surface area contributed by atoms with E-state index in [9.17, 15) is 8.78 Å². The number of halogens is 2. The van der Waals surface area contributed by atoms with Crippen molar-refractivity contribution in [2.24, 2.45) is 0 Å². The number of aromatic nitrogens is 1. The number of hydrogen-bond acceptors (Lipinski definition) is 3. The molecule has 1 aromatic carbocycles. The van der Waals surface area contributed by atoms with E-state index in [4.69, 9.17) is 0 Å². The number of rotatable bonds is 4. The van der Waals surface area contributed by atoms with E-state index >= 15 is 0 Å². The summed E-state index contributed by atoms with van der Waals surface area (Å²) >= 11 is 1.57. The van der Waals surface area contributed by atoms with Gasteiger partial charge in [0.2, 0.25) is 0 Å². The van der Waals surface area contributed by atoms with E-state index in [-0.39, 0.29) is 12.1 Å². The molecule has 0 aliphatic heterocycles. The van der Waals surface area contributed by atoms with Gasteiger partial charge in [0, 0.05) is 29.7 Å². The number of thiazole rings is 1. The van der Waals surface area contributed by atoms with Crippen LogP contribution in [0.25, 0.3) is 0 Å². The summed E-state index contributed by atoms with van der Waals surface area (Å²) in [5, 5.41) is 3.99. The fourth-order valence-electron chi connectivity index (χ4n) is 1.50. The van der Waals surface area contributed by atoms with Crippen LogP contribution in [-0.2, 0) is 13.1 Å². The molecule has 1 aromatic heterocycles. The minimum Gasteiger partial charge on any atom is -0.308 e. The first-order chi connectivity index (χ1) is 8.16. The van der Waals surface area contributed by atoms with Crippen molar-refractivity contribution in [3.63, 3.8) is 0 Å². The number of aryl methyl sites for hydroxylation is 1. The van der Waals surface area contributed by atoms with Gasteiger partial charge in [0.15, 0.2) is 0 Å². The molecule has 0 aliphatic carbocycles. The highest BCUT2D eigenvalue weighted by atomic mass is 32.1. The van der Waals surface area contributed by atoms with Gasteiger partial charge >= 0.3 is 0 Å². The Kier molecular flexibility index (Phi) is 3.81. The van der Waals surface area contributed by atoms with Crippen molar-refractivity contribution in [2.45, 2.75) is 20.0 Å². The van der Waals surface area contributed by atoms with Gasteiger partial charge in [-0.15, -0.1) is 11.3 Å². The van der Waals surface area contributed by atoms with Gasteiger partial charge in [-0.2, -0.15) is 0 Å². The maximum Gasteiger partial charge on any atom is 0.130 e. The summed E-state index contributed by atoms with van der Waals surface area (Å²) < 4.78 is 26.6. The van der Waals surface area contributed by atoms with Crippen LogP contribution < -0.4 is 5.32 Å². The van der Waals surface area contributed by atoms with Crippen molar-refractivity contribution >= 4 is 11.3 Å². The minimum atomic E-state index is -0.516. The standard InChI is InChI=1S/C12H12F2N2S/c1-8-16-6-9(17-8)5-15-7-10-11(13)3-2-4-12(10)14/h2-4,6,15H,5,7H2,1H3. The van der Waals surface area contributed by atoms with Crippen molar-refractivity contribution in [1.29, 1.82) is 0 Å². The van der Waals surface area contributed by atoms with Gasteiger partial charge in [0.1, 0.15) is 11.6 Å². The summed E-state index contributed by atoms with van der Waals surface area (Å²) in [6, 6.07) is 3.88. The van der Waals surface area contributed by atoms with Gasteiger partial charge < -0.3 is 5.32 Å². The number of nitrogens with one attached hydrogen (secondary N) is 1. The molecule has 0 bridgehead atoms. The van der Waals surface area contributed by atoms with Crippen molar-refractivity contribution in [3.05, 3.63) is 51.5 Å². The fourth-order valence-corrected chi connectivity index (χ4v) is 2.26. The molecule has 0 saturated heterocycles. The van der Waals surface area contributed by atoms with E-state index in [1.165, 1.54) is 18.2 Å². The predicted molar refractivity (Wildman–Crippen MR) is 63.8 cm³/mol. The van der Waals surface area contributed by atoms with E-state index < -0.39 is 11.6 Å². The zero-order valence-corrected chi connectivity index (χ0v) is 10.2. The number of nitrogens with zero attached hydrogens (tertiary/aromatic N) is 1. The molecule has 0 amide bonds. The molecule has 0 aliphatic rings. The Labute approximate surface area is 102 Å². The molecule has 1 N–H and O–H groups in total. The second kappa shape index (κ2) is 5.33. The minimum absolute atomic E-state index is 0.0775. The Morgan fingerprint density at radius 2 is 1.94 bits per heavy atom. The molecule has 0 radical (unpaired) electrons. The first kappa shape index (κ1) is 12.1. The SMILES string of the molecule is Cc1ncc(CNCc2c(F)cccc2F)s1. The van der Waals surface area contributed by atoms with Crippen LogP contribution in [-0.4, -0.2) is 4.98 Å². The molecule has 0 spiro atoms. The molecule has 0 unspecified atom stereocenters. The fraction of sp³-hybridized carbons (Fsp3) is 0.250. The molecule has 2 aromatic rings. The average molecular weight is 254 g/mol. The van der Waals surface area contributed by atoms with Gasteiger partial charge in [0.25, 0.3) is 0 Å². The van der Waals surface area contributed by atoms with Gasteiger partial charge in [-0.1, -0.05) is 6.07 Å². The summed E-state index contributed by atoms with van der Waals surface area (Å²) in [6.45, 7) is 2.67. The van der Waals surface area contributed by atoms with E-state index in [2.05, 4.69) is 10.3 Å². The van der Waals surface area contributed by atoms with Gasteiger partial charge in [-0.25, -0.2) is 13.8 Å². The van der Waals surface area contributed by atoms with Crippen LogP contribution in [0, 0.1) is 18.6 Å². The molecule has 0 saturated carbocycles. The van der Waals surface area contributed by atoms with Crippen LogP contribution in [0.1, 0.15) is 15.4 Å². The van der Waals surface area contributed by atoms with Gasteiger partial charge in [0.05, 0.1) is 5.01 Å². The van der Waals surface area contributed by atoms with Crippen LogP contribution in [0.2, 0.25) is 0 Å². The van der Waals surface area contributed by atoms with Crippen LogP contribution in [0.3, 0.4) is 0 Å². The summed E-state index contributed by atoms with van der Waals surface area (Å²) in [5.74, 6) is -1.03. The lowest BCUT2D eigenvalue weighted by atomic mass is 10.2. The summed E-state index contributed by atoms with van der Waals surface area (Å²) in [4.78, 5) is 5.16. The largest absolute Gasteiger partial charge is 0.308 e. The smallest absolute Gasteiger partial charge is 0.130 e. The lowest BCUT2D eigenvalue weighted by Gasteiger charge is -2.05. The van der Waals surface area contributed by atoms with E-state index in [0.29, 0.717) is 6.54 Å². The Balaban J connectivity index is 1.94. The topological polar surface area (TPSA) is 24.9 Å². The molecule has 2 rings (SSSR count). The van der Waals surface area contributed by atoms with E-state index in [1.807, 2.05) is 6.92 Å². The van der Waals surface area contributed by atoms with E-state index in [0.717, 1.165) is 9.88 Å². The second-order valence-electron chi connectivity index (χ2n) is 3.65. The lowest BCUT2D eigenvalue weighted by molar-refractivity contribution is 0.536. The Morgan fingerprint density at radius 1 is 1.24 bits per heavy atom. The summed E-state index contributed by atoms with van der Waals surface area (Å²) in [6.07, 6.45) is 1.77. The molecule has 0 fully saturated rings. The molecular formula is C12H12F2N2S. The Morgan fingerprint density at radius 3 is 2.53 bits per heavy atom. The molecule has 0 atom stereocenters. The highest BCUT2D eigenvalue weighted by Crippen LogP contribution is 2.13. The molecule has 2 nitrogen and oxygen atoms in total. The maximum atomic E-state index is 13.3. The van der Waals surface area contributed by atoms with Crippen LogP contribution in [0.5, 0.6) is 0 Å². The van der Waals surface area contributed by atoms with Gasteiger partial charge in [-0.3, -0.25) is 0 Å². The van der Waals surface area contributed by atoms with Crippen molar-refractivity contribution in [2.75, 3.05) is 0 Å². The molecule has 17 heavy (non-hydrogen) atoms. The van der Waals surface area contributed by atoms with Crippen LogP contribution in [0.4, 0.5) is 8.78 Å². The molecular weight excluding hydrogens is 242 g/mol. The predicted octanol–water partition coefficient (Wildman–Crippen LogP) is 3.02. The quantitative estimate of drug-likeness (QED) is 0.907. The molecule has 1 heterocycles. The summed E-state index contributed by atoms with van der Waals surface area (Å²) in [7, 11) is 0. The Bertz CT molecular complexity index is 491. The lowest BCUT2D eigenvalue weighted by Crippen LogP contribution is -2.14. The highest BCUT2D eigenvalue weighted by molar-refractivity contribution is 7.11.